The Kier molecular flexibility index (Phi) is 12.3. The largest absolute Gasteiger partial charge is 0.378 e. The van der Waals surface area contributed by atoms with Crippen LogP contribution >= 0.6 is 0 Å². The molecule has 0 aromatic carbocycles. The summed E-state index contributed by atoms with van der Waals surface area (Å²) >= 11 is 0. The maximum Gasteiger partial charge on any atom is 0.104 e. The van der Waals surface area contributed by atoms with E-state index < -0.39 is 0 Å². The average molecular weight is 250 g/mol. The number of hydrogen-bond acceptors (Lipinski definition) is 5. The third-order valence-corrected chi connectivity index (χ3v) is 1.92. The zero-order chi connectivity index (χ0) is 13.5. The maximum absolute atomic E-state index is 8.42. The van der Waals surface area contributed by atoms with E-state index in [2.05, 4.69) is 5.92 Å². The lowest BCUT2D eigenvalue weighted by Gasteiger charge is -2.17. The van der Waals surface area contributed by atoms with Crippen LogP contribution in [0.1, 0.15) is 19.3 Å². The molecule has 98 valence electrons. The summed E-state index contributed by atoms with van der Waals surface area (Å²) in [6.45, 7) is 1.93. The van der Waals surface area contributed by atoms with Gasteiger partial charge in [0.1, 0.15) is 6.10 Å². The lowest BCUT2D eigenvalue weighted by Crippen LogP contribution is -2.26. The fourth-order valence-electron chi connectivity index (χ4n) is 1.09. The van der Waals surface area contributed by atoms with E-state index in [1.165, 1.54) is 0 Å². The highest BCUT2D eigenvalue weighted by Crippen LogP contribution is 1.98. The molecule has 0 radical (unpaired) electrons. The molecule has 0 aliphatic heterocycles. The van der Waals surface area contributed by atoms with Crippen LogP contribution < -0.4 is 0 Å². The van der Waals surface area contributed by atoms with Crippen molar-refractivity contribution >= 4 is 0 Å². The number of terminal acetylenes is 1. The van der Waals surface area contributed by atoms with Crippen LogP contribution in [0.5, 0.6) is 0 Å². The normalized spacial score (nSPS) is 11.2. The summed E-state index contributed by atoms with van der Waals surface area (Å²) in [7, 11) is 0. The SMILES string of the molecule is C#CCCOCC(COCCC#N)OCCC#N. The van der Waals surface area contributed by atoms with Crippen LogP contribution in [-0.4, -0.2) is 39.1 Å². The molecule has 0 saturated heterocycles. The van der Waals surface area contributed by atoms with Crippen LogP contribution in [0.15, 0.2) is 0 Å². The van der Waals surface area contributed by atoms with Gasteiger partial charge in [0.15, 0.2) is 0 Å². The molecule has 1 atom stereocenters. The first kappa shape index (κ1) is 16.4. The second-order valence-corrected chi connectivity index (χ2v) is 3.41. The fraction of sp³-hybridized carbons (Fsp3) is 0.692. The molecule has 0 aromatic rings. The van der Waals surface area contributed by atoms with E-state index in [1.54, 1.807) is 0 Å². The Labute approximate surface area is 108 Å². The van der Waals surface area contributed by atoms with Crippen molar-refractivity contribution in [1.29, 1.82) is 10.5 Å². The number of ether oxygens (including phenoxy) is 3. The van der Waals surface area contributed by atoms with E-state index in [9.17, 15) is 0 Å². The van der Waals surface area contributed by atoms with E-state index in [0.717, 1.165) is 0 Å². The van der Waals surface area contributed by atoms with Crippen LogP contribution in [0, 0.1) is 35.0 Å². The van der Waals surface area contributed by atoms with Gasteiger partial charge >= 0.3 is 0 Å². The highest BCUT2D eigenvalue weighted by molar-refractivity contribution is 4.82. The lowest BCUT2D eigenvalue weighted by atomic mass is 10.4. The van der Waals surface area contributed by atoms with Crippen molar-refractivity contribution in [2.24, 2.45) is 0 Å². The van der Waals surface area contributed by atoms with Crippen molar-refractivity contribution in [3.05, 3.63) is 0 Å². The van der Waals surface area contributed by atoms with Crippen molar-refractivity contribution in [2.75, 3.05) is 33.0 Å². The van der Waals surface area contributed by atoms with Gasteiger partial charge in [-0.05, 0) is 0 Å². The highest BCUT2D eigenvalue weighted by Gasteiger charge is 2.09. The number of nitriles is 2. The first-order valence-electron chi connectivity index (χ1n) is 5.79. The molecule has 18 heavy (non-hydrogen) atoms. The minimum atomic E-state index is -0.227. The third kappa shape index (κ3) is 10.9. The van der Waals surface area contributed by atoms with Gasteiger partial charge in [0.05, 0.1) is 58.0 Å². The maximum atomic E-state index is 8.42. The molecule has 0 bridgehead atoms. The molecule has 0 heterocycles. The minimum absolute atomic E-state index is 0.227. The molecule has 0 amide bonds. The molecule has 0 aromatic heterocycles. The predicted molar refractivity (Wildman–Crippen MR) is 65.3 cm³/mol. The van der Waals surface area contributed by atoms with E-state index in [1.807, 2.05) is 12.1 Å². The van der Waals surface area contributed by atoms with Crippen molar-refractivity contribution < 1.29 is 14.2 Å². The number of rotatable bonds is 11. The van der Waals surface area contributed by atoms with Gasteiger partial charge in [-0.3, -0.25) is 0 Å². The number of hydrogen-bond donors (Lipinski definition) is 0. The van der Waals surface area contributed by atoms with E-state index in [-0.39, 0.29) is 6.10 Å². The molecular formula is C13H18N2O3. The summed E-state index contributed by atoms with van der Waals surface area (Å²) < 4.78 is 16.0. The quantitative estimate of drug-likeness (QED) is 0.407. The van der Waals surface area contributed by atoms with Gasteiger partial charge < -0.3 is 14.2 Å². The summed E-state index contributed by atoms with van der Waals surface area (Å²) in [6, 6.07) is 3.99. The topological polar surface area (TPSA) is 75.3 Å². The van der Waals surface area contributed by atoms with Gasteiger partial charge in [-0.25, -0.2) is 0 Å². The van der Waals surface area contributed by atoms with Gasteiger partial charge in [0.25, 0.3) is 0 Å². The van der Waals surface area contributed by atoms with Crippen molar-refractivity contribution in [3.8, 4) is 24.5 Å². The fourth-order valence-corrected chi connectivity index (χ4v) is 1.09. The van der Waals surface area contributed by atoms with Gasteiger partial charge in [-0.15, -0.1) is 12.3 Å². The first-order chi connectivity index (χ1) is 8.85. The predicted octanol–water partition coefficient (Wildman–Crippen LogP) is 1.26. The average Bonchev–Trinajstić information content (AvgIpc) is 2.39. The Morgan fingerprint density at radius 3 is 2.00 bits per heavy atom. The van der Waals surface area contributed by atoms with E-state index in [4.69, 9.17) is 31.2 Å². The smallest absolute Gasteiger partial charge is 0.104 e. The standard InChI is InChI=1S/C13H18N2O3/c1-2-3-8-16-11-13(18-10-5-7-15)12-17-9-4-6-14/h1,13H,3-5,8-12H2. The monoisotopic (exact) mass is 250 g/mol. The molecule has 0 fully saturated rings. The van der Waals surface area contributed by atoms with Gasteiger partial charge in [-0.2, -0.15) is 10.5 Å². The molecule has 1 unspecified atom stereocenters. The van der Waals surface area contributed by atoms with Crippen LogP contribution in [0.3, 0.4) is 0 Å². The zero-order valence-electron chi connectivity index (χ0n) is 10.4. The summed E-state index contributed by atoms with van der Waals surface area (Å²) in [5.41, 5.74) is 0. The van der Waals surface area contributed by atoms with Crippen molar-refractivity contribution in [3.63, 3.8) is 0 Å². The molecule has 0 aliphatic rings. The second kappa shape index (κ2) is 13.5. The molecule has 5 heteroatoms. The van der Waals surface area contributed by atoms with Gasteiger partial charge in [0, 0.05) is 6.42 Å². The lowest BCUT2D eigenvalue weighted by molar-refractivity contribution is -0.0569. The molecule has 5 nitrogen and oxygen atoms in total. The highest BCUT2D eigenvalue weighted by atomic mass is 16.6. The van der Waals surface area contributed by atoms with Gasteiger partial charge in [0.2, 0.25) is 0 Å². The molecule has 0 aliphatic carbocycles. The van der Waals surface area contributed by atoms with Crippen molar-refractivity contribution in [1.82, 2.24) is 0 Å². The Bertz CT molecular complexity index is 290. The Balaban J connectivity index is 3.74. The third-order valence-electron chi connectivity index (χ3n) is 1.92. The molecule has 0 saturated carbocycles. The van der Waals surface area contributed by atoms with E-state index in [0.29, 0.717) is 52.3 Å². The van der Waals surface area contributed by atoms with Crippen molar-refractivity contribution in [2.45, 2.75) is 25.4 Å². The summed E-state index contributed by atoms with van der Waals surface area (Å²) in [5.74, 6) is 2.48. The zero-order valence-corrected chi connectivity index (χ0v) is 10.4. The van der Waals surface area contributed by atoms with Crippen LogP contribution in [0.4, 0.5) is 0 Å². The van der Waals surface area contributed by atoms with Gasteiger partial charge in [-0.1, -0.05) is 0 Å². The molecule has 0 N–H and O–H groups in total. The summed E-state index contributed by atoms with van der Waals surface area (Å²) in [6.07, 6.45) is 6.12. The van der Waals surface area contributed by atoms with Crippen LogP contribution in [0.2, 0.25) is 0 Å². The van der Waals surface area contributed by atoms with E-state index >= 15 is 0 Å². The Hall–Kier alpha value is -1.58. The summed E-state index contributed by atoms with van der Waals surface area (Å²) in [4.78, 5) is 0. The minimum Gasteiger partial charge on any atom is -0.378 e. The molecular weight excluding hydrogens is 232 g/mol. The Morgan fingerprint density at radius 2 is 1.44 bits per heavy atom. The molecule has 0 rings (SSSR count). The Morgan fingerprint density at radius 1 is 0.889 bits per heavy atom. The first-order valence-corrected chi connectivity index (χ1v) is 5.79. The number of nitrogens with zero attached hydrogens (tertiary/aromatic N) is 2. The second-order valence-electron chi connectivity index (χ2n) is 3.41. The van der Waals surface area contributed by atoms with Crippen LogP contribution in [-0.2, 0) is 14.2 Å². The molecule has 0 spiro atoms. The van der Waals surface area contributed by atoms with Crippen LogP contribution in [0.25, 0.3) is 0 Å². The summed E-state index contributed by atoms with van der Waals surface area (Å²) in [5, 5.41) is 16.8.